The first kappa shape index (κ1) is 16.6. The summed E-state index contributed by atoms with van der Waals surface area (Å²) in [7, 11) is 0. The van der Waals surface area contributed by atoms with Crippen LogP contribution >= 0.6 is 0 Å². The average Bonchev–Trinajstić information content (AvgIpc) is 2.47. The van der Waals surface area contributed by atoms with Crippen LogP contribution in [-0.4, -0.2) is 17.7 Å². The third-order valence-electron chi connectivity index (χ3n) is 4.15. The Balaban J connectivity index is 2.26. The van der Waals surface area contributed by atoms with Crippen LogP contribution in [-0.2, 0) is 11.0 Å². The smallest absolute Gasteiger partial charge is 0.416 e. The highest BCUT2D eigenvalue weighted by Gasteiger charge is 2.33. The summed E-state index contributed by atoms with van der Waals surface area (Å²) in [5, 5.41) is 9.01. The summed E-state index contributed by atoms with van der Waals surface area (Å²) in [5.41, 5.74) is -0.146. The lowest BCUT2D eigenvalue weighted by Crippen LogP contribution is -2.21. The summed E-state index contributed by atoms with van der Waals surface area (Å²) in [4.78, 5) is 11.0. The number of aliphatic carboxylic acids is 1. The summed E-state index contributed by atoms with van der Waals surface area (Å²) in [5.74, 6) is -0.834. The minimum absolute atomic E-state index is 0.0838. The highest BCUT2D eigenvalue weighted by atomic mass is 19.4. The molecule has 0 amide bonds. The third-order valence-corrected chi connectivity index (χ3v) is 4.15. The monoisotopic (exact) mass is 316 g/mol. The fourth-order valence-corrected chi connectivity index (χ4v) is 2.98. The molecule has 22 heavy (non-hydrogen) atoms. The van der Waals surface area contributed by atoms with Gasteiger partial charge < -0.3 is 9.84 Å². The first-order valence-electron chi connectivity index (χ1n) is 7.39. The molecule has 1 aromatic rings. The molecule has 0 radical (unpaired) electrons. The number of hydrogen-bond acceptors (Lipinski definition) is 2. The van der Waals surface area contributed by atoms with Crippen LogP contribution in [0.2, 0.25) is 0 Å². The topological polar surface area (TPSA) is 46.5 Å². The van der Waals surface area contributed by atoms with Gasteiger partial charge in [0, 0.05) is 0 Å². The quantitative estimate of drug-likeness (QED) is 0.892. The lowest BCUT2D eigenvalue weighted by Gasteiger charge is -2.28. The van der Waals surface area contributed by atoms with Crippen molar-refractivity contribution in [3.63, 3.8) is 0 Å². The first-order valence-corrected chi connectivity index (χ1v) is 7.39. The van der Waals surface area contributed by atoms with Gasteiger partial charge in [0.2, 0.25) is 0 Å². The largest absolute Gasteiger partial charge is 0.494 e. The molecule has 0 atom stereocenters. The van der Waals surface area contributed by atoms with Crippen LogP contribution < -0.4 is 4.74 Å². The van der Waals surface area contributed by atoms with E-state index in [2.05, 4.69) is 0 Å². The number of carboxylic acid groups (broad SMARTS) is 1. The highest BCUT2D eigenvalue weighted by molar-refractivity contribution is 5.70. The lowest BCUT2D eigenvalue weighted by atomic mass is 9.78. The van der Waals surface area contributed by atoms with Crippen molar-refractivity contribution >= 4 is 5.97 Å². The number of carboxylic acids is 1. The predicted octanol–water partition coefficient (Wildman–Crippen LogP) is 4.46. The Kier molecular flexibility index (Phi) is 4.98. The van der Waals surface area contributed by atoms with Crippen LogP contribution in [0.1, 0.15) is 49.7 Å². The molecule has 2 rings (SSSR count). The van der Waals surface area contributed by atoms with E-state index in [1.807, 2.05) is 0 Å². The molecule has 1 aromatic carbocycles. The SMILES string of the molecule is CCOc1ccc(C(F)(F)F)cc1C1CCC(C(=O)O)CC1. The number of carbonyl (C=O) groups is 1. The third kappa shape index (κ3) is 3.72. The number of ether oxygens (including phenoxy) is 1. The number of hydrogen-bond donors (Lipinski definition) is 1. The van der Waals surface area contributed by atoms with Crippen molar-refractivity contribution < 1.29 is 27.8 Å². The van der Waals surface area contributed by atoms with Crippen molar-refractivity contribution in [3.8, 4) is 5.75 Å². The molecule has 1 N–H and O–H groups in total. The van der Waals surface area contributed by atoms with Gasteiger partial charge in [-0.2, -0.15) is 13.2 Å². The number of halogens is 3. The summed E-state index contributed by atoms with van der Waals surface area (Å²) in [6.45, 7) is 2.16. The fourth-order valence-electron chi connectivity index (χ4n) is 2.98. The fraction of sp³-hybridized carbons (Fsp3) is 0.562. The Bertz CT molecular complexity index is 532. The van der Waals surface area contributed by atoms with E-state index in [-0.39, 0.29) is 5.92 Å². The van der Waals surface area contributed by atoms with Gasteiger partial charge in [0.1, 0.15) is 5.75 Å². The van der Waals surface area contributed by atoms with Gasteiger partial charge in [-0.25, -0.2) is 0 Å². The van der Waals surface area contributed by atoms with E-state index in [1.54, 1.807) is 6.92 Å². The molecule has 1 fully saturated rings. The Labute approximate surface area is 127 Å². The first-order chi connectivity index (χ1) is 10.3. The zero-order valence-corrected chi connectivity index (χ0v) is 12.3. The maximum absolute atomic E-state index is 12.9. The molecule has 0 spiro atoms. The molecule has 0 aromatic heterocycles. The molecule has 3 nitrogen and oxygen atoms in total. The van der Waals surface area contributed by atoms with E-state index < -0.39 is 23.6 Å². The second kappa shape index (κ2) is 6.58. The van der Waals surface area contributed by atoms with Gasteiger partial charge in [-0.15, -0.1) is 0 Å². The molecule has 1 aliphatic carbocycles. The van der Waals surface area contributed by atoms with E-state index in [9.17, 15) is 18.0 Å². The molecule has 122 valence electrons. The normalized spacial score (nSPS) is 22.4. The maximum atomic E-state index is 12.9. The number of benzene rings is 1. The van der Waals surface area contributed by atoms with Crippen LogP contribution in [0.5, 0.6) is 5.75 Å². The average molecular weight is 316 g/mol. The predicted molar refractivity (Wildman–Crippen MR) is 74.9 cm³/mol. The Morgan fingerprint density at radius 1 is 1.27 bits per heavy atom. The van der Waals surface area contributed by atoms with Crippen molar-refractivity contribution in [1.29, 1.82) is 0 Å². The molecule has 0 unspecified atom stereocenters. The van der Waals surface area contributed by atoms with E-state index in [0.717, 1.165) is 12.1 Å². The van der Waals surface area contributed by atoms with Gasteiger partial charge in [-0.1, -0.05) is 0 Å². The van der Waals surface area contributed by atoms with Crippen LogP contribution in [0, 0.1) is 5.92 Å². The molecule has 0 aliphatic heterocycles. The van der Waals surface area contributed by atoms with Gasteiger partial charge >= 0.3 is 12.1 Å². The number of alkyl halides is 3. The van der Waals surface area contributed by atoms with E-state index in [0.29, 0.717) is 43.6 Å². The zero-order chi connectivity index (χ0) is 16.3. The van der Waals surface area contributed by atoms with Gasteiger partial charge in [-0.3, -0.25) is 4.79 Å². The molecular weight excluding hydrogens is 297 g/mol. The molecule has 0 heterocycles. The van der Waals surface area contributed by atoms with Gasteiger partial charge in [0.05, 0.1) is 18.1 Å². The summed E-state index contributed by atoms with van der Waals surface area (Å²) >= 11 is 0. The van der Waals surface area contributed by atoms with E-state index >= 15 is 0 Å². The molecular formula is C16H19F3O3. The Morgan fingerprint density at radius 2 is 1.91 bits per heavy atom. The molecule has 1 aliphatic rings. The van der Waals surface area contributed by atoms with Crippen molar-refractivity contribution in [2.75, 3.05) is 6.61 Å². The highest BCUT2D eigenvalue weighted by Crippen LogP contribution is 2.42. The van der Waals surface area contributed by atoms with Crippen LogP contribution in [0.3, 0.4) is 0 Å². The van der Waals surface area contributed by atoms with Gasteiger partial charge in [-0.05, 0) is 62.3 Å². The van der Waals surface area contributed by atoms with Crippen LogP contribution in [0.25, 0.3) is 0 Å². The molecule has 0 saturated heterocycles. The Morgan fingerprint density at radius 3 is 2.41 bits per heavy atom. The summed E-state index contributed by atoms with van der Waals surface area (Å²) in [6.07, 6.45) is -2.28. The zero-order valence-electron chi connectivity index (χ0n) is 12.3. The van der Waals surface area contributed by atoms with Crippen LogP contribution in [0.4, 0.5) is 13.2 Å². The van der Waals surface area contributed by atoms with Crippen LogP contribution in [0.15, 0.2) is 18.2 Å². The minimum atomic E-state index is -4.39. The number of rotatable bonds is 4. The second-order valence-electron chi connectivity index (χ2n) is 5.57. The molecule has 0 bridgehead atoms. The molecule has 6 heteroatoms. The van der Waals surface area contributed by atoms with Gasteiger partial charge in [0.15, 0.2) is 0 Å². The maximum Gasteiger partial charge on any atom is 0.416 e. The van der Waals surface area contributed by atoms with E-state index in [4.69, 9.17) is 9.84 Å². The second-order valence-corrected chi connectivity index (χ2v) is 5.57. The lowest BCUT2D eigenvalue weighted by molar-refractivity contribution is -0.142. The van der Waals surface area contributed by atoms with Crippen molar-refractivity contribution in [2.24, 2.45) is 5.92 Å². The summed E-state index contributed by atoms with van der Waals surface area (Å²) in [6, 6.07) is 3.54. The van der Waals surface area contributed by atoms with E-state index in [1.165, 1.54) is 6.07 Å². The van der Waals surface area contributed by atoms with Crippen molar-refractivity contribution in [3.05, 3.63) is 29.3 Å². The molecule has 1 saturated carbocycles. The Hall–Kier alpha value is -1.72. The van der Waals surface area contributed by atoms with Crippen molar-refractivity contribution in [2.45, 2.75) is 44.7 Å². The van der Waals surface area contributed by atoms with Crippen molar-refractivity contribution in [1.82, 2.24) is 0 Å². The minimum Gasteiger partial charge on any atom is -0.494 e. The standard InChI is InChI=1S/C16H19F3O3/c1-2-22-14-8-7-12(16(17,18)19)9-13(14)10-3-5-11(6-4-10)15(20)21/h7-11H,2-6H2,1H3,(H,20,21). The van der Waals surface area contributed by atoms with Gasteiger partial charge in [0.25, 0.3) is 0 Å². The summed E-state index contributed by atoms with van der Waals surface area (Å²) < 4.78 is 44.2.